The van der Waals surface area contributed by atoms with Crippen molar-refractivity contribution in [2.75, 3.05) is 25.6 Å². The van der Waals surface area contributed by atoms with Gasteiger partial charge in [-0.3, -0.25) is 9.59 Å². The van der Waals surface area contributed by atoms with Gasteiger partial charge in [-0.15, -0.1) is 11.3 Å². The first-order valence-electron chi connectivity index (χ1n) is 13.0. The molecule has 0 saturated heterocycles. The van der Waals surface area contributed by atoms with Crippen LogP contribution in [0.3, 0.4) is 0 Å². The number of hydrogen-bond acceptors (Lipinski definition) is 9. The van der Waals surface area contributed by atoms with Crippen LogP contribution < -0.4 is 25.0 Å². The third-order valence-electron chi connectivity index (χ3n) is 6.61. The van der Waals surface area contributed by atoms with Gasteiger partial charge in [0.2, 0.25) is 11.2 Å². The minimum atomic E-state index is -0.461. The smallest absolute Gasteiger partial charge is 0.341 e. The van der Waals surface area contributed by atoms with Gasteiger partial charge in [-0.25, -0.2) is 4.79 Å². The highest BCUT2D eigenvalue weighted by atomic mass is 32.1. The molecule has 5 rings (SSSR count). The Kier molecular flexibility index (Phi) is 8.06. The molecule has 1 aliphatic carbocycles. The van der Waals surface area contributed by atoms with Crippen molar-refractivity contribution in [2.45, 2.75) is 33.1 Å². The van der Waals surface area contributed by atoms with Crippen molar-refractivity contribution in [2.24, 2.45) is 5.92 Å². The number of methoxy groups -OCH3 is 1. The van der Waals surface area contributed by atoms with E-state index in [2.05, 4.69) is 12.2 Å². The molecule has 0 aliphatic heterocycles. The number of carbonyl (C=O) groups excluding carboxylic acids is 2. The van der Waals surface area contributed by atoms with Crippen LogP contribution in [-0.4, -0.2) is 32.2 Å². The van der Waals surface area contributed by atoms with Crippen molar-refractivity contribution < 1.29 is 33.0 Å². The van der Waals surface area contributed by atoms with Gasteiger partial charge >= 0.3 is 5.97 Å². The summed E-state index contributed by atoms with van der Waals surface area (Å²) < 4.78 is 27.6. The summed E-state index contributed by atoms with van der Waals surface area (Å²) in [5.74, 6) is 0.911. The third kappa shape index (κ3) is 5.67. The van der Waals surface area contributed by atoms with E-state index in [4.69, 9.17) is 23.4 Å². The number of anilines is 1. The minimum absolute atomic E-state index is 0.0159. The van der Waals surface area contributed by atoms with Gasteiger partial charge in [-0.2, -0.15) is 0 Å². The topological polar surface area (TPSA) is 113 Å². The Labute approximate surface area is 234 Å². The number of amides is 1. The molecule has 4 aromatic rings. The molecule has 10 heteroatoms. The zero-order valence-corrected chi connectivity index (χ0v) is 23.2. The highest BCUT2D eigenvalue weighted by molar-refractivity contribution is 7.17. The molecule has 1 amide bonds. The number of thiophene rings is 1. The van der Waals surface area contributed by atoms with Gasteiger partial charge in [0.15, 0.2) is 18.1 Å². The Balaban J connectivity index is 1.28. The number of carbonyl (C=O) groups is 2. The summed E-state index contributed by atoms with van der Waals surface area (Å²) in [5, 5.41) is 3.58. The summed E-state index contributed by atoms with van der Waals surface area (Å²) >= 11 is 1.41. The monoisotopic (exact) mass is 563 g/mol. The summed E-state index contributed by atoms with van der Waals surface area (Å²) in [6.45, 7) is 4.19. The number of ether oxygens (including phenoxy) is 4. The van der Waals surface area contributed by atoms with Crippen LogP contribution in [-0.2, 0) is 22.4 Å². The Morgan fingerprint density at radius 2 is 1.90 bits per heavy atom. The maximum Gasteiger partial charge on any atom is 0.341 e. The number of esters is 1. The SMILES string of the molecule is CCOc1ccccc1Oc1coc2cc(OCC(=O)Nc3sc4c(c3C(=O)OC)CCC(C)C4)ccc2c1=O. The molecular formula is C30H29NO8S. The molecule has 208 valence electrons. The molecule has 2 aromatic carbocycles. The van der Waals surface area contributed by atoms with Crippen LogP contribution in [0.15, 0.2) is 57.9 Å². The molecule has 0 fully saturated rings. The summed E-state index contributed by atoms with van der Waals surface area (Å²) in [7, 11) is 1.33. The van der Waals surface area contributed by atoms with Crippen LogP contribution in [0.5, 0.6) is 23.0 Å². The summed E-state index contributed by atoms with van der Waals surface area (Å²) in [4.78, 5) is 39.4. The molecule has 1 unspecified atom stereocenters. The van der Waals surface area contributed by atoms with Gasteiger partial charge in [0.25, 0.3) is 5.91 Å². The van der Waals surface area contributed by atoms with Crippen LogP contribution >= 0.6 is 11.3 Å². The Morgan fingerprint density at radius 3 is 2.67 bits per heavy atom. The van der Waals surface area contributed by atoms with Crippen molar-refractivity contribution in [1.29, 1.82) is 0 Å². The lowest BCUT2D eigenvalue weighted by Crippen LogP contribution is -2.21. The van der Waals surface area contributed by atoms with Crippen LogP contribution in [0.4, 0.5) is 5.00 Å². The van der Waals surface area contributed by atoms with Gasteiger partial charge in [0.1, 0.15) is 22.6 Å². The third-order valence-corrected chi connectivity index (χ3v) is 7.78. The zero-order chi connectivity index (χ0) is 28.2. The molecular weight excluding hydrogens is 534 g/mol. The molecule has 0 spiro atoms. The van der Waals surface area contributed by atoms with E-state index in [1.165, 1.54) is 30.8 Å². The number of fused-ring (bicyclic) bond motifs is 2. The van der Waals surface area contributed by atoms with Gasteiger partial charge in [0.05, 0.1) is 24.7 Å². The Hall–Kier alpha value is -4.31. The van der Waals surface area contributed by atoms with E-state index in [1.807, 2.05) is 13.0 Å². The summed E-state index contributed by atoms with van der Waals surface area (Å²) in [5.41, 5.74) is 1.31. The van der Waals surface area contributed by atoms with Crippen molar-refractivity contribution in [3.05, 3.63) is 75.0 Å². The molecule has 0 saturated carbocycles. The average Bonchev–Trinajstić information content (AvgIpc) is 3.30. The van der Waals surface area contributed by atoms with E-state index in [-0.39, 0.29) is 23.4 Å². The average molecular weight is 564 g/mol. The molecule has 9 nitrogen and oxygen atoms in total. The highest BCUT2D eigenvalue weighted by Crippen LogP contribution is 2.40. The van der Waals surface area contributed by atoms with E-state index in [9.17, 15) is 14.4 Å². The van der Waals surface area contributed by atoms with Gasteiger partial charge in [0, 0.05) is 10.9 Å². The van der Waals surface area contributed by atoms with Crippen LogP contribution in [0.2, 0.25) is 0 Å². The Morgan fingerprint density at radius 1 is 1.10 bits per heavy atom. The predicted molar refractivity (Wildman–Crippen MR) is 151 cm³/mol. The van der Waals surface area contributed by atoms with E-state index < -0.39 is 11.9 Å². The van der Waals surface area contributed by atoms with E-state index in [0.717, 1.165) is 29.7 Å². The van der Waals surface area contributed by atoms with E-state index >= 15 is 0 Å². The van der Waals surface area contributed by atoms with Crippen molar-refractivity contribution in [3.8, 4) is 23.0 Å². The maximum absolute atomic E-state index is 13.0. The normalized spacial score (nSPS) is 14.3. The first kappa shape index (κ1) is 27.3. The fourth-order valence-electron chi connectivity index (χ4n) is 4.65. The second-order valence-corrected chi connectivity index (χ2v) is 10.6. The van der Waals surface area contributed by atoms with Crippen molar-refractivity contribution in [1.82, 2.24) is 0 Å². The standard InChI is InChI=1S/C30H29NO8S/c1-4-36-21-7-5-6-8-22(21)39-24-15-38-23-14-18(10-12-19(23)28(24)33)37-16-26(32)31-29-27(30(34)35-3)20-11-9-17(2)13-25(20)40-29/h5-8,10,12,14-15,17H,4,9,11,13,16H2,1-3H3,(H,31,32). The largest absolute Gasteiger partial charge is 0.490 e. The molecule has 1 N–H and O–H groups in total. The zero-order valence-electron chi connectivity index (χ0n) is 22.4. The van der Waals surface area contributed by atoms with E-state index in [0.29, 0.717) is 45.7 Å². The summed E-state index contributed by atoms with van der Waals surface area (Å²) in [6, 6.07) is 11.7. The predicted octanol–water partition coefficient (Wildman–Crippen LogP) is 5.97. The lowest BCUT2D eigenvalue weighted by Gasteiger charge is -2.18. The number of benzene rings is 2. The summed E-state index contributed by atoms with van der Waals surface area (Å²) in [6.07, 6.45) is 3.86. The van der Waals surface area contributed by atoms with Crippen molar-refractivity contribution in [3.63, 3.8) is 0 Å². The number of rotatable bonds is 9. The minimum Gasteiger partial charge on any atom is -0.490 e. The molecule has 0 radical (unpaired) electrons. The second kappa shape index (κ2) is 11.8. The van der Waals surface area contributed by atoms with Crippen molar-refractivity contribution >= 4 is 39.2 Å². The first-order chi connectivity index (χ1) is 19.4. The first-order valence-corrected chi connectivity index (χ1v) is 13.8. The van der Waals surface area contributed by atoms with E-state index in [1.54, 1.807) is 30.3 Å². The highest BCUT2D eigenvalue weighted by Gasteiger charge is 2.29. The van der Waals surface area contributed by atoms with Crippen LogP contribution in [0.25, 0.3) is 11.0 Å². The van der Waals surface area contributed by atoms with Crippen LogP contribution in [0.1, 0.15) is 41.1 Å². The molecule has 40 heavy (non-hydrogen) atoms. The lowest BCUT2D eigenvalue weighted by atomic mass is 9.88. The van der Waals surface area contributed by atoms with Gasteiger partial charge in [-0.1, -0.05) is 19.1 Å². The second-order valence-electron chi connectivity index (χ2n) is 9.45. The molecule has 2 aromatic heterocycles. The molecule has 1 aliphatic rings. The number of nitrogens with one attached hydrogen (secondary N) is 1. The number of hydrogen-bond donors (Lipinski definition) is 1. The fraction of sp³-hybridized carbons (Fsp3) is 0.300. The number of para-hydroxylation sites is 2. The molecule has 2 heterocycles. The molecule has 1 atom stereocenters. The van der Waals surface area contributed by atoms with Gasteiger partial charge < -0.3 is 28.7 Å². The lowest BCUT2D eigenvalue weighted by molar-refractivity contribution is -0.118. The van der Waals surface area contributed by atoms with Crippen LogP contribution in [0, 0.1) is 5.92 Å². The maximum atomic E-state index is 13.0. The molecule has 0 bridgehead atoms. The van der Waals surface area contributed by atoms with Gasteiger partial charge in [-0.05, 0) is 61.9 Å². The fourth-order valence-corrected chi connectivity index (χ4v) is 6.06. The quantitative estimate of drug-likeness (QED) is 0.248. The Bertz CT molecular complexity index is 1620.